The number of nitrogens with one attached hydrogen (secondary N) is 1. The molecule has 1 aliphatic rings. The van der Waals surface area contributed by atoms with Crippen LogP contribution in [0.3, 0.4) is 0 Å². The SMILES string of the molecule is O=C1Nc2ccccc2C1=Cc1cc([N+](=O)[O-])ccc1O. The van der Waals surface area contributed by atoms with Gasteiger partial charge in [-0.3, -0.25) is 14.9 Å². The van der Waals surface area contributed by atoms with Crippen LogP contribution in [0.5, 0.6) is 5.75 Å². The lowest BCUT2D eigenvalue weighted by molar-refractivity contribution is -0.384. The predicted molar refractivity (Wildman–Crippen MR) is 77.7 cm³/mol. The van der Waals surface area contributed by atoms with Crippen molar-refractivity contribution in [1.29, 1.82) is 0 Å². The second-order valence-corrected chi connectivity index (χ2v) is 4.56. The molecular weight excluding hydrogens is 272 g/mol. The van der Waals surface area contributed by atoms with Crippen LogP contribution in [0.25, 0.3) is 11.6 Å². The Morgan fingerprint density at radius 2 is 1.95 bits per heavy atom. The standard InChI is InChI=1S/C15H10N2O4/c18-14-6-5-10(17(20)21)7-9(14)8-12-11-3-1-2-4-13(11)16-15(12)19/h1-8,18H,(H,16,19). The number of fused-ring (bicyclic) bond motifs is 1. The summed E-state index contributed by atoms with van der Waals surface area (Å²) in [6.45, 7) is 0. The molecule has 0 fully saturated rings. The molecule has 0 saturated heterocycles. The summed E-state index contributed by atoms with van der Waals surface area (Å²) in [6, 6.07) is 10.8. The van der Waals surface area contributed by atoms with E-state index < -0.39 is 4.92 Å². The smallest absolute Gasteiger partial charge is 0.270 e. The molecule has 3 rings (SSSR count). The highest BCUT2D eigenvalue weighted by molar-refractivity contribution is 6.35. The van der Waals surface area contributed by atoms with Crippen molar-refractivity contribution in [2.24, 2.45) is 0 Å². The number of nitrogens with zero attached hydrogens (tertiary/aromatic N) is 1. The van der Waals surface area contributed by atoms with Gasteiger partial charge in [0, 0.05) is 34.5 Å². The molecule has 1 heterocycles. The zero-order chi connectivity index (χ0) is 15.0. The first-order valence-corrected chi connectivity index (χ1v) is 6.16. The van der Waals surface area contributed by atoms with Crippen molar-refractivity contribution in [3.05, 3.63) is 63.7 Å². The minimum absolute atomic E-state index is 0.120. The van der Waals surface area contributed by atoms with Crippen LogP contribution in [0.2, 0.25) is 0 Å². The van der Waals surface area contributed by atoms with Gasteiger partial charge in [0.1, 0.15) is 5.75 Å². The maximum Gasteiger partial charge on any atom is 0.270 e. The second kappa shape index (κ2) is 4.75. The van der Waals surface area contributed by atoms with E-state index in [9.17, 15) is 20.0 Å². The maximum atomic E-state index is 12.0. The zero-order valence-electron chi connectivity index (χ0n) is 10.7. The lowest BCUT2D eigenvalue weighted by Gasteiger charge is -2.01. The number of carbonyl (C=O) groups is 1. The number of hydrogen-bond donors (Lipinski definition) is 2. The molecule has 2 aromatic carbocycles. The Kier molecular flexibility index (Phi) is 2.91. The van der Waals surface area contributed by atoms with Crippen molar-refractivity contribution in [2.45, 2.75) is 0 Å². The first-order chi connectivity index (χ1) is 10.1. The van der Waals surface area contributed by atoms with Crippen LogP contribution in [-0.2, 0) is 4.79 Å². The summed E-state index contributed by atoms with van der Waals surface area (Å²) in [5.74, 6) is -0.424. The molecule has 6 heteroatoms. The van der Waals surface area contributed by atoms with Crippen LogP contribution in [-0.4, -0.2) is 15.9 Å². The number of nitro benzene ring substituents is 1. The minimum Gasteiger partial charge on any atom is -0.507 e. The van der Waals surface area contributed by atoms with Gasteiger partial charge >= 0.3 is 0 Å². The van der Waals surface area contributed by atoms with Crippen LogP contribution in [0.15, 0.2) is 42.5 Å². The highest BCUT2D eigenvalue weighted by Gasteiger charge is 2.24. The number of phenolic OH excluding ortho intramolecular Hbond substituents is 1. The summed E-state index contributed by atoms with van der Waals surface area (Å²) < 4.78 is 0. The van der Waals surface area contributed by atoms with E-state index in [4.69, 9.17) is 0 Å². The molecule has 6 nitrogen and oxygen atoms in total. The fraction of sp³-hybridized carbons (Fsp3) is 0. The average Bonchev–Trinajstić information content (AvgIpc) is 2.77. The van der Waals surface area contributed by atoms with Gasteiger partial charge in [-0.1, -0.05) is 18.2 Å². The second-order valence-electron chi connectivity index (χ2n) is 4.56. The van der Waals surface area contributed by atoms with Crippen LogP contribution in [0, 0.1) is 10.1 Å². The number of benzene rings is 2. The lowest BCUT2D eigenvalue weighted by Crippen LogP contribution is -2.03. The highest BCUT2D eigenvalue weighted by Crippen LogP contribution is 2.34. The quantitative estimate of drug-likeness (QED) is 0.503. The summed E-state index contributed by atoms with van der Waals surface area (Å²) in [7, 11) is 0. The van der Waals surface area contributed by atoms with E-state index >= 15 is 0 Å². The molecule has 0 bridgehead atoms. The Bertz CT molecular complexity index is 796. The number of carbonyl (C=O) groups excluding carboxylic acids is 1. The third-order valence-corrected chi connectivity index (χ3v) is 3.23. The van der Waals surface area contributed by atoms with Gasteiger partial charge in [-0.15, -0.1) is 0 Å². The highest BCUT2D eigenvalue weighted by atomic mass is 16.6. The monoisotopic (exact) mass is 282 g/mol. The predicted octanol–water partition coefficient (Wildman–Crippen LogP) is 2.79. The van der Waals surface area contributed by atoms with E-state index in [1.807, 2.05) is 0 Å². The molecule has 21 heavy (non-hydrogen) atoms. The van der Waals surface area contributed by atoms with Crippen molar-refractivity contribution in [3.63, 3.8) is 0 Å². The van der Waals surface area contributed by atoms with E-state index in [2.05, 4.69) is 5.32 Å². The van der Waals surface area contributed by atoms with Crippen molar-refractivity contribution < 1.29 is 14.8 Å². The Morgan fingerprint density at radius 1 is 1.19 bits per heavy atom. The normalized spacial score (nSPS) is 14.9. The number of nitro groups is 1. The molecule has 2 aromatic rings. The number of phenols is 1. The summed E-state index contributed by atoms with van der Waals surface area (Å²) in [4.78, 5) is 22.2. The Morgan fingerprint density at radius 3 is 2.71 bits per heavy atom. The number of para-hydroxylation sites is 1. The maximum absolute atomic E-state index is 12.0. The van der Waals surface area contributed by atoms with Gasteiger partial charge in [-0.2, -0.15) is 0 Å². The molecule has 2 N–H and O–H groups in total. The van der Waals surface area contributed by atoms with Gasteiger partial charge in [0.15, 0.2) is 0 Å². The van der Waals surface area contributed by atoms with Crippen LogP contribution in [0.4, 0.5) is 11.4 Å². The van der Waals surface area contributed by atoms with E-state index in [0.29, 0.717) is 16.8 Å². The van der Waals surface area contributed by atoms with E-state index in [0.717, 1.165) is 0 Å². The zero-order valence-corrected chi connectivity index (χ0v) is 10.7. The van der Waals surface area contributed by atoms with Gasteiger partial charge in [-0.05, 0) is 18.2 Å². The Balaban J connectivity index is 2.12. The van der Waals surface area contributed by atoms with Crippen LogP contribution >= 0.6 is 0 Å². The number of amides is 1. The van der Waals surface area contributed by atoms with Crippen molar-refractivity contribution in [3.8, 4) is 5.75 Å². The summed E-state index contributed by atoms with van der Waals surface area (Å²) in [5, 5.41) is 23.3. The first kappa shape index (κ1) is 12.9. The number of aromatic hydroxyl groups is 1. The van der Waals surface area contributed by atoms with Gasteiger partial charge in [0.25, 0.3) is 11.6 Å². The molecule has 0 unspecified atom stereocenters. The average molecular weight is 282 g/mol. The summed E-state index contributed by atoms with van der Waals surface area (Å²) in [5.41, 5.74) is 1.82. The summed E-state index contributed by atoms with van der Waals surface area (Å²) in [6.07, 6.45) is 1.45. The van der Waals surface area contributed by atoms with Gasteiger partial charge in [-0.25, -0.2) is 0 Å². The van der Waals surface area contributed by atoms with Crippen LogP contribution in [0.1, 0.15) is 11.1 Å². The molecule has 1 amide bonds. The van der Waals surface area contributed by atoms with Crippen molar-refractivity contribution >= 4 is 28.9 Å². The Hall–Kier alpha value is -3.15. The van der Waals surface area contributed by atoms with E-state index in [1.54, 1.807) is 24.3 Å². The van der Waals surface area contributed by atoms with Crippen molar-refractivity contribution in [1.82, 2.24) is 0 Å². The van der Waals surface area contributed by atoms with Gasteiger partial charge < -0.3 is 10.4 Å². The van der Waals surface area contributed by atoms with Crippen LogP contribution < -0.4 is 5.32 Å². The molecule has 0 saturated carbocycles. The molecule has 0 atom stereocenters. The summed E-state index contributed by atoms with van der Waals surface area (Å²) >= 11 is 0. The number of non-ortho nitro benzene ring substituents is 1. The fourth-order valence-electron chi connectivity index (χ4n) is 2.21. The van der Waals surface area contributed by atoms with E-state index in [-0.39, 0.29) is 22.9 Å². The van der Waals surface area contributed by atoms with Crippen molar-refractivity contribution in [2.75, 3.05) is 5.32 Å². The number of rotatable bonds is 2. The van der Waals surface area contributed by atoms with Gasteiger partial charge in [0.2, 0.25) is 0 Å². The largest absolute Gasteiger partial charge is 0.507 e. The van der Waals surface area contributed by atoms with Gasteiger partial charge in [0.05, 0.1) is 4.92 Å². The Labute approximate surface area is 119 Å². The van der Waals surface area contributed by atoms with E-state index in [1.165, 1.54) is 24.3 Å². The molecule has 0 aromatic heterocycles. The number of anilines is 1. The number of hydrogen-bond acceptors (Lipinski definition) is 4. The topological polar surface area (TPSA) is 92.5 Å². The minimum atomic E-state index is -0.551. The third kappa shape index (κ3) is 2.23. The molecular formula is C15H10N2O4. The lowest BCUT2D eigenvalue weighted by atomic mass is 10.0. The first-order valence-electron chi connectivity index (χ1n) is 6.16. The molecule has 0 spiro atoms. The molecule has 0 radical (unpaired) electrons. The molecule has 1 aliphatic heterocycles. The fourth-order valence-corrected chi connectivity index (χ4v) is 2.21. The third-order valence-electron chi connectivity index (χ3n) is 3.23. The molecule has 0 aliphatic carbocycles. The molecule has 104 valence electrons.